The monoisotopic (exact) mass is 376 g/mol. The summed E-state index contributed by atoms with van der Waals surface area (Å²) in [4.78, 5) is 0. The summed E-state index contributed by atoms with van der Waals surface area (Å²) in [5.41, 5.74) is 3.37. The highest BCUT2D eigenvalue weighted by atomic mass is 35.5. The van der Waals surface area contributed by atoms with Gasteiger partial charge in [-0.25, -0.2) is 0 Å². The Kier molecular flexibility index (Phi) is 8.75. The van der Waals surface area contributed by atoms with E-state index in [1.165, 1.54) is 5.56 Å². The third-order valence-electron chi connectivity index (χ3n) is 4.02. The van der Waals surface area contributed by atoms with Gasteiger partial charge in [0, 0.05) is 17.6 Å². The van der Waals surface area contributed by atoms with Crippen LogP contribution in [0.2, 0.25) is 5.02 Å². The van der Waals surface area contributed by atoms with E-state index in [-0.39, 0.29) is 0 Å². The second-order valence-corrected chi connectivity index (χ2v) is 6.64. The molecule has 2 rings (SSSR count). The van der Waals surface area contributed by atoms with Crippen molar-refractivity contribution in [2.75, 3.05) is 26.7 Å². The molecule has 0 unspecified atom stereocenters. The summed E-state index contributed by atoms with van der Waals surface area (Å²) in [5.74, 6) is 1.41. The van der Waals surface area contributed by atoms with Crippen molar-refractivity contribution in [1.29, 1.82) is 0 Å². The topological polar surface area (TPSA) is 42.5 Å². The first-order valence-electron chi connectivity index (χ1n) is 9.13. The Balaban J connectivity index is 2.03. The molecule has 0 amide bonds. The largest absolute Gasteiger partial charge is 0.490 e. The fraction of sp³-hybridized carbons (Fsp3) is 0.429. The van der Waals surface area contributed by atoms with Crippen molar-refractivity contribution >= 4 is 11.6 Å². The summed E-state index contributed by atoms with van der Waals surface area (Å²) in [5, 5.41) is 7.24. The molecule has 0 atom stereocenters. The Morgan fingerprint density at radius 3 is 2.42 bits per heavy atom. The van der Waals surface area contributed by atoms with Gasteiger partial charge in [-0.2, -0.15) is 0 Å². The number of aryl methyl sites for hydroxylation is 1. The highest BCUT2D eigenvalue weighted by molar-refractivity contribution is 6.31. The van der Waals surface area contributed by atoms with Crippen molar-refractivity contribution in [3.63, 3.8) is 0 Å². The van der Waals surface area contributed by atoms with E-state index in [2.05, 4.69) is 41.8 Å². The first-order valence-corrected chi connectivity index (χ1v) is 9.50. The van der Waals surface area contributed by atoms with Crippen LogP contribution < -0.4 is 20.1 Å². The molecule has 4 nitrogen and oxygen atoms in total. The number of halogens is 1. The summed E-state index contributed by atoms with van der Waals surface area (Å²) < 4.78 is 11.7. The lowest BCUT2D eigenvalue weighted by Crippen LogP contribution is -2.19. The minimum absolute atomic E-state index is 0.484. The van der Waals surface area contributed by atoms with E-state index in [0.29, 0.717) is 30.5 Å². The first kappa shape index (κ1) is 20.6. The van der Waals surface area contributed by atoms with Crippen molar-refractivity contribution in [1.82, 2.24) is 10.6 Å². The van der Waals surface area contributed by atoms with Crippen molar-refractivity contribution in [3.05, 3.63) is 58.1 Å². The molecule has 0 bridgehead atoms. The molecule has 0 aromatic heterocycles. The van der Waals surface area contributed by atoms with Gasteiger partial charge in [0.05, 0.1) is 6.61 Å². The number of hydrogen-bond donors (Lipinski definition) is 2. The van der Waals surface area contributed by atoms with Gasteiger partial charge in [-0.15, -0.1) is 0 Å². The zero-order valence-electron chi connectivity index (χ0n) is 15.9. The molecule has 0 saturated heterocycles. The highest BCUT2D eigenvalue weighted by Crippen LogP contribution is 2.34. The predicted molar refractivity (Wildman–Crippen MR) is 108 cm³/mol. The van der Waals surface area contributed by atoms with Gasteiger partial charge in [0.1, 0.15) is 6.61 Å². The van der Waals surface area contributed by atoms with Gasteiger partial charge in [-0.05, 0) is 57.6 Å². The lowest BCUT2D eigenvalue weighted by Gasteiger charge is -2.15. The summed E-state index contributed by atoms with van der Waals surface area (Å²) in [6.07, 6.45) is 1.07. The maximum atomic E-state index is 6.46. The van der Waals surface area contributed by atoms with Crippen molar-refractivity contribution in [3.8, 4) is 11.5 Å². The van der Waals surface area contributed by atoms with E-state index in [1.54, 1.807) is 0 Å². The van der Waals surface area contributed by atoms with Gasteiger partial charge in [-0.1, -0.05) is 41.4 Å². The van der Waals surface area contributed by atoms with Crippen LogP contribution >= 0.6 is 11.6 Å². The second-order valence-electron chi connectivity index (χ2n) is 6.23. The summed E-state index contributed by atoms with van der Waals surface area (Å²) in [7, 11) is 1.96. The third-order valence-corrected chi connectivity index (χ3v) is 4.38. The Morgan fingerprint density at radius 1 is 1.00 bits per heavy atom. The van der Waals surface area contributed by atoms with Crippen LogP contribution in [0.15, 0.2) is 36.4 Å². The molecule has 5 heteroatoms. The van der Waals surface area contributed by atoms with Crippen LogP contribution in [0, 0.1) is 6.92 Å². The lowest BCUT2D eigenvalue weighted by molar-refractivity contribution is 0.269. The van der Waals surface area contributed by atoms with Crippen LogP contribution in [0.1, 0.15) is 30.0 Å². The smallest absolute Gasteiger partial charge is 0.163 e. The Morgan fingerprint density at radius 2 is 1.73 bits per heavy atom. The molecule has 26 heavy (non-hydrogen) atoms. The fourth-order valence-electron chi connectivity index (χ4n) is 2.55. The molecule has 0 fully saturated rings. The van der Waals surface area contributed by atoms with E-state index < -0.39 is 0 Å². The quantitative estimate of drug-likeness (QED) is 0.573. The summed E-state index contributed by atoms with van der Waals surface area (Å²) in [6, 6.07) is 12.1. The maximum Gasteiger partial charge on any atom is 0.163 e. The minimum atomic E-state index is 0.484. The van der Waals surface area contributed by atoms with Gasteiger partial charge >= 0.3 is 0 Å². The Labute approximate surface area is 161 Å². The highest BCUT2D eigenvalue weighted by Gasteiger charge is 2.11. The van der Waals surface area contributed by atoms with Crippen LogP contribution in [0.5, 0.6) is 11.5 Å². The van der Waals surface area contributed by atoms with Gasteiger partial charge in [0.15, 0.2) is 11.5 Å². The van der Waals surface area contributed by atoms with Crippen molar-refractivity contribution in [2.45, 2.75) is 33.4 Å². The molecule has 0 aliphatic heterocycles. The third kappa shape index (κ3) is 6.52. The SMILES string of the molecule is CCOc1cc(CNCCCNC)c(Cl)cc1OCc1ccc(C)cc1. The van der Waals surface area contributed by atoms with Crippen LogP contribution in [0.4, 0.5) is 0 Å². The molecule has 142 valence electrons. The number of benzene rings is 2. The van der Waals surface area contributed by atoms with Gasteiger partial charge in [-0.3, -0.25) is 0 Å². The normalized spacial score (nSPS) is 10.8. The standard InChI is InChI=1S/C21H29ClN2O2/c1-4-25-20-12-18(14-24-11-5-10-23-3)19(22)13-21(20)26-15-17-8-6-16(2)7-9-17/h6-9,12-13,23-24H,4-5,10-11,14-15H2,1-3H3. The lowest BCUT2D eigenvalue weighted by atomic mass is 10.1. The van der Waals surface area contributed by atoms with E-state index >= 15 is 0 Å². The van der Waals surface area contributed by atoms with Gasteiger partial charge < -0.3 is 20.1 Å². The minimum Gasteiger partial charge on any atom is -0.490 e. The van der Waals surface area contributed by atoms with E-state index in [9.17, 15) is 0 Å². The van der Waals surface area contributed by atoms with Crippen molar-refractivity contribution in [2.24, 2.45) is 0 Å². The Hall–Kier alpha value is -1.75. The Bertz CT molecular complexity index is 674. The second kappa shape index (κ2) is 11.1. The molecule has 0 saturated carbocycles. The summed E-state index contributed by atoms with van der Waals surface area (Å²) >= 11 is 6.46. The average molecular weight is 377 g/mol. The number of ether oxygens (including phenoxy) is 2. The molecule has 2 aromatic rings. The average Bonchev–Trinajstić information content (AvgIpc) is 2.64. The predicted octanol–water partition coefficient (Wildman–Crippen LogP) is 4.33. The maximum absolute atomic E-state index is 6.46. The molecule has 0 aliphatic carbocycles. The number of hydrogen-bond acceptors (Lipinski definition) is 4. The van der Waals surface area contributed by atoms with Crippen LogP contribution in [0.25, 0.3) is 0 Å². The molecule has 0 radical (unpaired) electrons. The van der Waals surface area contributed by atoms with Crippen LogP contribution in [-0.4, -0.2) is 26.7 Å². The molecule has 2 N–H and O–H groups in total. The van der Waals surface area contributed by atoms with Crippen LogP contribution in [-0.2, 0) is 13.2 Å². The van der Waals surface area contributed by atoms with Crippen molar-refractivity contribution < 1.29 is 9.47 Å². The van der Waals surface area contributed by atoms with Crippen LogP contribution in [0.3, 0.4) is 0 Å². The van der Waals surface area contributed by atoms with E-state index in [4.69, 9.17) is 21.1 Å². The number of nitrogens with one attached hydrogen (secondary N) is 2. The molecular formula is C21H29ClN2O2. The van der Waals surface area contributed by atoms with Gasteiger partial charge in [0.2, 0.25) is 0 Å². The first-order chi connectivity index (χ1) is 12.6. The zero-order valence-corrected chi connectivity index (χ0v) is 16.7. The molecule has 0 heterocycles. The molecule has 0 aliphatic rings. The molecule has 2 aromatic carbocycles. The van der Waals surface area contributed by atoms with E-state index in [0.717, 1.165) is 36.4 Å². The number of rotatable bonds is 11. The fourth-order valence-corrected chi connectivity index (χ4v) is 2.77. The summed E-state index contributed by atoms with van der Waals surface area (Å²) in [6.45, 7) is 7.75. The van der Waals surface area contributed by atoms with Gasteiger partial charge in [0.25, 0.3) is 0 Å². The zero-order chi connectivity index (χ0) is 18.8. The van der Waals surface area contributed by atoms with E-state index in [1.807, 2.05) is 26.1 Å². The molecular weight excluding hydrogens is 348 g/mol. The molecule has 0 spiro atoms.